The summed E-state index contributed by atoms with van der Waals surface area (Å²) in [7, 11) is 0. The van der Waals surface area contributed by atoms with Crippen molar-refractivity contribution in [3.8, 4) is 11.5 Å². The Hall–Kier alpha value is -1.82. The van der Waals surface area contributed by atoms with Crippen LogP contribution in [0.1, 0.15) is 50.2 Å². The summed E-state index contributed by atoms with van der Waals surface area (Å²) in [6.07, 6.45) is 3.07. The van der Waals surface area contributed by atoms with Crippen LogP contribution in [0.2, 0.25) is 0 Å². The van der Waals surface area contributed by atoms with Crippen LogP contribution < -0.4 is 0 Å². The van der Waals surface area contributed by atoms with Gasteiger partial charge in [0, 0.05) is 11.5 Å². The minimum atomic E-state index is -0.748. The van der Waals surface area contributed by atoms with Gasteiger partial charge in [0.2, 0.25) is 0 Å². The van der Waals surface area contributed by atoms with Gasteiger partial charge in [0.05, 0.1) is 18.8 Å². The van der Waals surface area contributed by atoms with Crippen LogP contribution in [0.3, 0.4) is 0 Å². The van der Waals surface area contributed by atoms with Gasteiger partial charge in [-0.15, -0.1) is 0 Å². The molecule has 2 unspecified atom stereocenters. The lowest BCUT2D eigenvalue weighted by Gasteiger charge is -2.34. The van der Waals surface area contributed by atoms with Gasteiger partial charge in [-0.1, -0.05) is 18.2 Å². The number of phenolic OH excluding ortho intramolecular Hbond substituents is 2. The predicted octanol–water partition coefficient (Wildman–Crippen LogP) is 2.76. The smallest absolute Gasteiger partial charge is 0.123 e. The highest BCUT2D eigenvalue weighted by Crippen LogP contribution is 2.46. The summed E-state index contributed by atoms with van der Waals surface area (Å²) in [4.78, 5) is 0. The van der Waals surface area contributed by atoms with Crippen molar-refractivity contribution >= 4 is 0 Å². The van der Waals surface area contributed by atoms with Crippen LogP contribution in [-0.4, -0.2) is 44.3 Å². The van der Waals surface area contributed by atoms with Gasteiger partial charge in [0.15, 0.2) is 0 Å². The zero-order chi connectivity index (χ0) is 19.4. The van der Waals surface area contributed by atoms with E-state index in [2.05, 4.69) is 6.58 Å². The molecule has 0 fully saturated rings. The number of rotatable bonds is 7. The molecule has 0 saturated carbocycles. The summed E-state index contributed by atoms with van der Waals surface area (Å²) in [5, 5.41) is 50.1. The molecule has 0 radical (unpaired) electrons. The van der Waals surface area contributed by atoms with Crippen LogP contribution in [0.4, 0.5) is 0 Å². The fourth-order valence-electron chi connectivity index (χ4n) is 3.71. The van der Waals surface area contributed by atoms with E-state index in [1.54, 1.807) is 25.1 Å². The molecule has 0 bridgehead atoms. The van der Waals surface area contributed by atoms with Crippen LogP contribution in [0.5, 0.6) is 11.5 Å². The van der Waals surface area contributed by atoms with Crippen molar-refractivity contribution in [2.45, 2.75) is 57.7 Å². The van der Waals surface area contributed by atoms with Crippen molar-refractivity contribution in [3.05, 3.63) is 47.1 Å². The molecule has 5 nitrogen and oxygen atoms in total. The van der Waals surface area contributed by atoms with Gasteiger partial charge in [0.25, 0.3) is 0 Å². The van der Waals surface area contributed by atoms with E-state index in [4.69, 9.17) is 0 Å². The Balaban J connectivity index is 2.36. The van der Waals surface area contributed by atoms with Crippen LogP contribution in [0.15, 0.2) is 35.9 Å². The first-order valence-electron chi connectivity index (χ1n) is 9.12. The molecule has 1 aromatic carbocycles. The second-order valence-electron chi connectivity index (χ2n) is 7.42. The van der Waals surface area contributed by atoms with Crippen molar-refractivity contribution in [1.29, 1.82) is 0 Å². The monoisotopic (exact) mass is 362 g/mol. The van der Waals surface area contributed by atoms with Crippen molar-refractivity contribution in [2.24, 2.45) is 5.92 Å². The van der Waals surface area contributed by atoms with Crippen molar-refractivity contribution in [1.82, 2.24) is 0 Å². The summed E-state index contributed by atoms with van der Waals surface area (Å²) in [5.41, 5.74) is 2.54. The largest absolute Gasteiger partial charge is 0.507 e. The quantitative estimate of drug-likeness (QED) is 0.480. The van der Waals surface area contributed by atoms with Gasteiger partial charge < -0.3 is 25.5 Å². The molecular formula is C21H30O5. The van der Waals surface area contributed by atoms with Gasteiger partial charge in [-0.25, -0.2) is 0 Å². The average molecular weight is 362 g/mol. The molecular weight excluding hydrogens is 332 g/mol. The number of benzene rings is 1. The van der Waals surface area contributed by atoms with E-state index < -0.39 is 6.10 Å². The van der Waals surface area contributed by atoms with Crippen LogP contribution in [0.25, 0.3) is 0 Å². The van der Waals surface area contributed by atoms with Gasteiger partial charge in [-0.05, 0) is 68.7 Å². The van der Waals surface area contributed by atoms with E-state index in [1.165, 1.54) is 0 Å². The highest BCUT2D eigenvalue weighted by Gasteiger charge is 2.34. The zero-order valence-electron chi connectivity index (χ0n) is 15.5. The Morgan fingerprint density at radius 3 is 2.38 bits per heavy atom. The number of phenols is 2. The van der Waals surface area contributed by atoms with Gasteiger partial charge in [0.1, 0.15) is 11.5 Å². The Bertz CT molecular complexity index is 654. The summed E-state index contributed by atoms with van der Waals surface area (Å²) in [6, 6.07) is 3.29. The Morgan fingerprint density at radius 1 is 1.27 bits per heavy atom. The van der Waals surface area contributed by atoms with E-state index in [0.717, 1.165) is 17.6 Å². The molecule has 1 aromatic rings. The van der Waals surface area contributed by atoms with Crippen LogP contribution in [-0.2, 0) is 6.42 Å². The summed E-state index contributed by atoms with van der Waals surface area (Å²) >= 11 is 0. The maximum absolute atomic E-state index is 10.6. The second kappa shape index (κ2) is 8.71. The molecule has 0 heterocycles. The van der Waals surface area contributed by atoms with Gasteiger partial charge in [-0.3, -0.25) is 0 Å². The van der Waals surface area contributed by atoms with Gasteiger partial charge in [-0.2, -0.15) is 0 Å². The Labute approximate surface area is 154 Å². The number of aliphatic hydroxyl groups is 3. The number of hydrogen-bond donors (Lipinski definition) is 5. The fourth-order valence-corrected chi connectivity index (χ4v) is 3.71. The average Bonchev–Trinajstić information content (AvgIpc) is 2.54. The SMILES string of the molecule is C=C(C)[C@@H]1CC(O)C(CO)=C[C@H]1c1c(O)cc(CCCC(C)O)cc1O. The third-order valence-corrected chi connectivity index (χ3v) is 5.16. The van der Waals surface area contributed by atoms with E-state index in [1.807, 2.05) is 6.92 Å². The van der Waals surface area contributed by atoms with Crippen molar-refractivity contribution < 1.29 is 25.5 Å². The third kappa shape index (κ3) is 4.67. The minimum absolute atomic E-state index is 0.00164. The van der Waals surface area contributed by atoms with Gasteiger partial charge >= 0.3 is 0 Å². The molecule has 0 spiro atoms. The molecule has 4 atom stereocenters. The van der Waals surface area contributed by atoms with Crippen LogP contribution in [0, 0.1) is 5.92 Å². The minimum Gasteiger partial charge on any atom is -0.507 e. The molecule has 0 saturated heterocycles. The lowest BCUT2D eigenvalue weighted by molar-refractivity contribution is 0.149. The number of allylic oxidation sites excluding steroid dienone is 2. The molecule has 144 valence electrons. The first-order chi connectivity index (χ1) is 12.2. The molecule has 1 aliphatic carbocycles. The molecule has 26 heavy (non-hydrogen) atoms. The topological polar surface area (TPSA) is 101 Å². The Morgan fingerprint density at radius 2 is 1.88 bits per heavy atom. The maximum Gasteiger partial charge on any atom is 0.123 e. The summed E-state index contributed by atoms with van der Waals surface area (Å²) in [5.74, 6) is -0.501. The molecule has 0 amide bonds. The second-order valence-corrected chi connectivity index (χ2v) is 7.42. The normalized spacial score (nSPS) is 24.2. The third-order valence-electron chi connectivity index (χ3n) is 5.16. The number of aliphatic hydroxyl groups excluding tert-OH is 3. The standard InChI is InChI=1S/C21H30O5/c1-12(2)16-10-18(24)15(11-22)9-17(16)21-19(25)7-14(8-20(21)26)6-4-5-13(3)23/h7-9,13,16-18,22-26H,1,4-6,10-11H2,2-3H3/t13?,16-,17+,18?/m0/s1. The first kappa shape index (κ1) is 20.5. The van der Waals surface area contributed by atoms with Crippen molar-refractivity contribution in [2.75, 3.05) is 6.61 Å². The van der Waals surface area contributed by atoms with Crippen LogP contribution >= 0.6 is 0 Å². The molecule has 0 aliphatic heterocycles. The highest BCUT2D eigenvalue weighted by atomic mass is 16.3. The van der Waals surface area contributed by atoms with E-state index in [-0.39, 0.29) is 36.0 Å². The lowest BCUT2D eigenvalue weighted by Crippen LogP contribution is -2.28. The number of aryl methyl sites for hydroxylation is 1. The van der Waals surface area contributed by atoms with E-state index in [0.29, 0.717) is 30.4 Å². The Kier molecular flexibility index (Phi) is 6.87. The predicted molar refractivity (Wildman–Crippen MR) is 101 cm³/mol. The number of aromatic hydroxyl groups is 2. The number of hydrogen-bond acceptors (Lipinski definition) is 5. The summed E-state index contributed by atoms with van der Waals surface area (Å²) < 4.78 is 0. The van der Waals surface area contributed by atoms with E-state index >= 15 is 0 Å². The molecule has 1 aliphatic rings. The maximum atomic E-state index is 10.6. The highest BCUT2D eigenvalue weighted by molar-refractivity contribution is 5.52. The van der Waals surface area contributed by atoms with Crippen molar-refractivity contribution in [3.63, 3.8) is 0 Å². The lowest BCUT2D eigenvalue weighted by atomic mass is 9.72. The zero-order valence-corrected chi connectivity index (χ0v) is 15.5. The molecule has 5 N–H and O–H groups in total. The first-order valence-corrected chi connectivity index (χ1v) is 9.12. The molecule has 0 aromatic heterocycles. The van der Waals surface area contributed by atoms with E-state index in [9.17, 15) is 25.5 Å². The molecule has 5 heteroatoms. The molecule has 2 rings (SSSR count). The fraction of sp³-hybridized carbons (Fsp3) is 0.524. The summed E-state index contributed by atoms with van der Waals surface area (Å²) in [6.45, 7) is 7.32.